The third-order valence-electron chi connectivity index (χ3n) is 5.91. The van der Waals surface area contributed by atoms with Gasteiger partial charge in [0.25, 0.3) is 5.56 Å². The first-order valence-electron chi connectivity index (χ1n) is 10.4. The van der Waals surface area contributed by atoms with Crippen LogP contribution in [0.4, 0.5) is 0 Å². The van der Waals surface area contributed by atoms with Crippen molar-refractivity contribution < 1.29 is 4.74 Å². The minimum Gasteiger partial charge on any atom is -0.494 e. The standard InChI is InChI=1S/C23H29N3O2S/c1-5-28-17-9-7-16(8-10-17)13-26(4)15(3)21-24-22(27)20-18-11-6-14(2)12-19(18)29-23(20)25-21/h7-10,14-15H,5-6,11-13H2,1-4H3,(H,24,25,27)/t14-,15-/m1/s1. The van der Waals surface area contributed by atoms with Crippen LogP contribution in [0.15, 0.2) is 29.1 Å². The summed E-state index contributed by atoms with van der Waals surface area (Å²) < 4.78 is 5.52. The Labute approximate surface area is 175 Å². The van der Waals surface area contributed by atoms with E-state index in [0.29, 0.717) is 12.5 Å². The molecule has 3 aromatic rings. The Kier molecular flexibility index (Phi) is 5.74. The van der Waals surface area contributed by atoms with Crippen LogP contribution in [0.3, 0.4) is 0 Å². The van der Waals surface area contributed by atoms with E-state index < -0.39 is 0 Å². The number of nitrogens with zero attached hydrogens (tertiary/aromatic N) is 2. The zero-order valence-electron chi connectivity index (χ0n) is 17.6. The topological polar surface area (TPSA) is 58.2 Å². The van der Waals surface area contributed by atoms with Gasteiger partial charge in [0.15, 0.2) is 0 Å². The molecule has 154 valence electrons. The first-order chi connectivity index (χ1) is 14.0. The van der Waals surface area contributed by atoms with E-state index in [9.17, 15) is 4.79 Å². The second kappa shape index (κ2) is 8.28. The van der Waals surface area contributed by atoms with Gasteiger partial charge in [-0.3, -0.25) is 9.69 Å². The summed E-state index contributed by atoms with van der Waals surface area (Å²) in [5.74, 6) is 2.32. The maximum atomic E-state index is 12.9. The third-order valence-corrected chi connectivity index (χ3v) is 7.06. The number of H-pyrrole nitrogens is 1. The Morgan fingerprint density at radius 2 is 2.10 bits per heavy atom. The van der Waals surface area contributed by atoms with Gasteiger partial charge in [-0.05, 0) is 69.3 Å². The second-order valence-corrected chi connectivity index (χ2v) is 9.23. The van der Waals surface area contributed by atoms with Gasteiger partial charge in [0, 0.05) is 11.4 Å². The molecule has 29 heavy (non-hydrogen) atoms. The van der Waals surface area contributed by atoms with Gasteiger partial charge >= 0.3 is 0 Å². The van der Waals surface area contributed by atoms with Crippen molar-refractivity contribution in [2.24, 2.45) is 5.92 Å². The van der Waals surface area contributed by atoms with Gasteiger partial charge < -0.3 is 9.72 Å². The number of nitrogens with one attached hydrogen (secondary N) is 1. The van der Waals surface area contributed by atoms with Crippen LogP contribution < -0.4 is 10.3 Å². The molecule has 4 rings (SSSR count). The molecule has 0 saturated heterocycles. The number of aryl methyl sites for hydroxylation is 1. The number of rotatable bonds is 6. The van der Waals surface area contributed by atoms with E-state index in [1.807, 2.05) is 19.1 Å². The number of fused-ring (bicyclic) bond motifs is 3. The Morgan fingerprint density at radius 3 is 2.83 bits per heavy atom. The number of aromatic amines is 1. The Bertz CT molecular complexity index is 1050. The van der Waals surface area contributed by atoms with Crippen LogP contribution in [-0.4, -0.2) is 28.5 Å². The molecule has 5 nitrogen and oxygen atoms in total. The molecular weight excluding hydrogens is 382 g/mol. The number of benzene rings is 1. The number of aromatic nitrogens is 2. The molecule has 0 unspecified atom stereocenters. The minimum absolute atomic E-state index is 0.0109. The number of hydrogen-bond acceptors (Lipinski definition) is 5. The molecule has 2 aromatic heterocycles. The molecule has 1 aromatic carbocycles. The van der Waals surface area contributed by atoms with Crippen LogP contribution in [0.2, 0.25) is 0 Å². The lowest BCUT2D eigenvalue weighted by Crippen LogP contribution is -2.26. The Balaban J connectivity index is 1.56. The van der Waals surface area contributed by atoms with Crippen LogP contribution in [0.1, 0.15) is 55.1 Å². The molecule has 0 aliphatic heterocycles. The van der Waals surface area contributed by atoms with Gasteiger partial charge in [-0.1, -0.05) is 19.1 Å². The van der Waals surface area contributed by atoms with Gasteiger partial charge in [0.1, 0.15) is 16.4 Å². The van der Waals surface area contributed by atoms with Crippen LogP contribution in [0, 0.1) is 5.92 Å². The SMILES string of the molecule is CCOc1ccc(CN(C)[C@H](C)c2nc3sc4c(c3c(=O)[nH]2)CC[C@@H](C)C4)cc1. The fourth-order valence-corrected chi connectivity index (χ4v) is 5.45. The van der Waals surface area contributed by atoms with Crippen LogP contribution in [0.25, 0.3) is 10.2 Å². The maximum Gasteiger partial charge on any atom is 0.259 e. The molecule has 0 bridgehead atoms. The highest BCUT2D eigenvalue weighted by Gasteiger charge is 2.24. The van der Waals surface area contributed by atoms with E-state index >= 15 is 0 Å². The van der Waals surface area contributed by atoms with E-state index in [-0.39, 0.29) is 11.6 Å². The molecule has 0 radical (unpaired) electrons. The van der Waals surface area contributed by atoms with Gasteiger partial charge in [-0.25, -0.2) is 4.98 Å². The molecule has 0 spiro atoms. The fraction of sp³-hybridized carbons (Fsp3) is 0.478. The van der Waals surface area contributed by atoms with Crippen LogP contribution in [-0.2, 0) is 19.4 Å². The second-order valence-electron chi connectivity index (χ2n) is 8.15. The smallest absolute Gasteiger partial charge is 0.259 e. The average molecular weight is 412 g/mol. The molecule has 6 heteroatoms. The number of ether oxygens (including phenoxy) is 1. The predicted molar refractivity (Wildman–Crippen MR) is 119 cm³/mol. The van der Waals surface area contributed by atoms with Gasteiger partial charge in [-0.2, -0.15) is 0 Å². The van der Waals surface area contributed by atoms with Crippen LogP contribution >= 0.6 is 11.3 Å². The lowest BCUT2D eigenvalue weighted by molar-refractivity contribution is 0.244. The summed E-state index contributed by atoms with van der Waals surface area (Å²) in [5, 5.41) is 0.821. The fourth-order valence-electron chi connectivity index (χ4n) is 4.05. The molecule has 1 N–H and O–H groups in total. The quantitative estimate of drug-likeness (QED) is 0.639. The summed E-state index contributed by atoms with van der Waals surface area (Å²) in [5.41, 5.74) is 2.45. The van der Waals surface area contributed by atoms with E-state index in [1.165, 1.54) is 16.0 Å². The Morgan fingerprint density at radius 1 is 1.34 bits per heavy atom. The lowest BCUT2D eigenvalue weighted by atomic mass is 9.89. The van der Waals surface area contributed by atoms with Crippen molar-refractivity contribution in [3.8, 4) is 5.75 Å². The summed E-state index contributed by atoms with van der Waals surface area (Å²) >= 11 is 1.71. The Hall–Kier alpha value is -2.18. The maximum absolute atomic E-state index is 12.9. The molecule has 0 saturated carbocycles. The summed E-state index contributed by atoms with van der Waals surface area (Å²) in [7, 11) is 2.06. The van der Waals surface area contributed by atoms with Gasteiger partial charge in [0.2, 0.25) is 0 Å². The van der Waals surface area contributed by atoms with Crippen molar-refractivity contribution in [2.45, 2.75) is 52.6 Å². The van der Waals surface area contributed by atoms with E-state index in [1.54, 1.807) is 11.3 Å². The molecule has 1 aliphatic carbocycles. The zero-order valence-corrected chi connectivity index (χ0v) is 18.4. The summed E-state index contributed by atoms with van der Waals surface area (Å²) in [4.78, 5) is 25.3. The van der Waals surface area contributed by atoms with Crippen molar-refractivity contribution in [1.82, 2.24) is 14.9 Å². The molecule has 0 fully saturated rings. The van der Waals surface area contributed by atoms with Crippen molar-refractivity contribution in [2.75, 3.05) is 13.7 Å². The molecular formula is C23H29N3O2S. The first-order valence-corrected chi connectivity index (χ1v) is 11.2. The zero-order chi connectivity index (χ0) is 20.5. The lowest BCUT2D eigenvalue weighted by Gasteiger charge is -2.24. The normalized spacial score (nSPS) is 17.5. The highest BCUT2D eigenvalue weighted by atomic mass is 32.1. The summed E-state index contributed by atoms with van der Waals surface area (Å²) in [6, 6.07) is 8.18. The minimum atomic E-state index is 0.0109. The van der Waals surface area contributed by atoms with Crippen molar-refractivity contribution >= 4 is 21.6 Å². The van der Waals surface area contributed by atoms with E-state index in [4.69, 9.17) is 9.72 Å². The van der Waals surface area contributed by atoms with Crippen molar-refractivity contribution in [3.05, 3.63) is 56.4 Å². The summed E-state index contributed by atoms with van der Waals surface area (Å²) in [6.45, 7) is 7.80. The number of thiophene rings is 1. The highest BCUT2D eigenvalue weighted by Crippen LogP contribution is 2.36. The molecule has 2 atom stereocenters. The average Bonchev–Trinajstić information content (AvgIpc) is 3.06. The molecule has 2 heterocycles. The van der Waals surface area contributed by atoms with Gasteiger partial charge in [0.05, 0.1) is 18.0 Å². The van der Waals surface area contributed by atoms with E-state index in [0.717, 1.165) is 47.6 Å². The monoisotopic (exact) mass is 411 g/mol. The van der Waals surface area contributed by atoms with Crippen LogP contribution in [0.5, 0.6) is 5.75 Å². The van der Waals surface area contributed by atoms with Crippen molar-refractivity contribution in [1.29, 1.82) is 0 Å². The molecule has 1 aliphatic rings. The predicted octanol–water partition coefficient (Wildman–Crippen LogP) is 4.70. The van der Waals surface area contributed by atoms with E-state index in [2.05, 4.69) is 42.9 Å². The summed E-state index contributed by atoms with van der Waals surface area (Å²) in [6.07, 6.45) is 3.22. The molecule has 0 amide bonds. The van der Waals surface area contributed by atoms with Gasteiger partial charge in [-0.15, -0.1) is 11.3 Å². The largest absolute Gasteiger partial charge is 0.494 e. The first kappa shape index (κ1) is 20.1. The number of hydrogen-bond donors (Lipinski definition) is 1. The third kappa shape index (κ3) is 4.09. The van der Waals surface area contributed by atoms with Crippen molar-refractivity contribution in [3.63, 3.8) is 0 Å². The highest BCUT2D eigenvalue weighted by molar-refractivity contribution is 7.18.